The zero-order valence-corrected chi connectivity index (χ0v) is 13.6. The first-order valence-electron chi connectivity index (χ1n) is 7.37. The van der Waals surface area contributed by atoms with Crippen molar-refractivity contribution in [2.45, 2.75) is 38.9 Å². The maximum atomic E-state index is 13.1. The number of alkyl halides is 3. The minimum absolute atomic E-state index is 0.0778. The molecule has 0 bridgehead atoms. The van der Waals surface area contributed by atoms with Gasteiger partial charge in [-0.3, -0.25) is 0 Å². The molecule has 1 saturated heterocycles. The smallest absolute Gasteiger partial charge is 0.394 e. The summed E-state index contributed by atoms with van der Waals surface area (Å²) in [4.78, 5) is 13.6. The predicted octanol–water partition coefficient (Wildman–Crippen LogP) is 4.20. The van der Waals surface area contributed by atoms with Crippen LogP contribution in [0.25, 0.3) is 0 Å². The van der Waals surface area contributed by atoms with Gasteiger partial charge in [-0.05, 0) is 51.0 Å². The molecular formula is C16H21F3N2O2. The molecule has 2 amide bonds. The normalized spacial score (nSPS) is 20.5. The molecule has 1 heterocycles. The second-order valence-corrected chi connectivity index (χ2v) is 6.30. The van der Waals surface area contributed by atoms with Crippen molar-refractivity contribution in [1.82, 2.24) is 4.90 Å². The third-order valence-corrected chi connectivity index (χ3v) is 4.48. The Morgan fingerprint density at radius 3 is 2.52 bits per heavy atom. The number of aryl methyl sites for hydroxylation is 1. The van der Waals surface area contributed by atoms with Gasteiger partial charge < -0.3 is 15.0 Å². The van der Waals surface area contributed by atoms with Crippen LogP contribution in [0.5, 0.6) is 5.75 Å². The minimum Gasteiger partial charge on any atom is -0.496 e. The number of urea groups is 1. The summed E-state index contributed by atoms with van der Waals surface area (Å²) in [6, 6.07) is 4.57. The topological polar surface area (TPSA) is 41.6 Å². The molecule has 1 aromatic carbocycles. The molecular weight excluding hydrogens is 309 g/mol. The fourth-order valence-electron chi connectivity index (χ4n) is 3.16. The summed E-state index contributed by atoms with van der Waals surface area (Å²) in [5, 5.41) is 2.67. The molecule has 7 heteroatoms. The molecule has 0 spiro atoms. The number of amides is 2. The van der Waals surface area contributed by atoms with Gasteiger partial charge in [0.2, 0.25) is 0 Å². The number of hydrogen-bond acceptors (Lipinski definition) is 2. The van der Waals surface area contributed by atoms with E-state index in [4.69, 9.17) is 4.74 Å². The number of likely N-dealkylation sites (tertiary alicyclic amines) is 1. The molecule has 0 aliphatic carbocycles. The molecule has 1 aliphatic heterocycles. The summed E-state index contributed by atoms with van der Waals surface area (Å²) in [5.74, 6) is -0.833. The fraction of sp³-hybridized carbons (Fsp3) is 0.562. The maximum absolute atomic E-state index is 13.1. The van der Waals surface area contributed by atoms with Gasteiger partial charge in [0, 0.05) is 12.2 Å². The lowest BCUT2D eigenvalue weighted by Gasteiger charge is -2.36. The molecule has 128 valence electrons. The van der Waals surface area contributed by atoms with Crippen molar-refractivity contribution >= 4 is 11.7 Å². The van der Waals surface area contributed by atoms with Crippen LogP contribution in [0, 0.1) is 12.8 Å². The van der Waals surface area contributed by atoms with Crippen LogP contribution in [-0.2, 0) is 0 Å². The summed E-state index contributed by atoms with van der Waals surface area (Å²) in [7, 11) is 1.55. The molecule has 1 fully saturated rings. The highest BCUT2D eigenvalue weighted by Gasteiger charge is 2.56. The van der Waals surface area contributed by atoms with E-state index >= 15 is 0 Å². The van der Waals surface area contributed by atoms with E-state index in [1.807, 2.05) is 6.92 Å². The first-order valence-corrected chi connectivity index (χ1v) is 7.37. The first-order chi connectivity index (χ1) is 10.6. The third-order valence-electron chi connectivity index (χ3n) is 4.48. The van der Waals surface area contributed by atoms with Crippen molar-refractivity contribution < 1.29 is 22.7 Å². The summed E-state index contributed by atoms with van der Waals surface area (Å²) < 4.78 is 44.4. The average Bonchev–Trinajstić information content (AvgIpc) is 2.74. The minimum atomic E-state index is -4.31. The lowest BCUT2D eigenvalue weighted by atomic mass is 9.88. The second-order valence-electron chi connectivity index (χ2n) is 6.30. The van der Waals surface area contributed by atoms with Crippen molar-refractivity contribution in [3.63, 3.8) is 0 Å². The van der Waals surface area contributed by atoms with Gasteiger partial charge in [-0.2, -0.15) is 13.2 Å². The number of carbonyl (C=O) groups excluding carboxylic acids is 1. The zero-order valence-electron chi connectivity index (χ0n) is 13.6. The summed E-state index contributed by atoms with van der Waals surface area (Å²) in [6.45, 7) is 4.82. The Morgan fingerprint density at radius 1 is 1.39 bits per heavy atom. The fourth-order valence-corrected chi connectivity index (χ4v) is 3.16. The van der Waals surface area contributed by atoms with Gasteiger partial charge in [0.1, 0.15) is 5.75 Å². The van der Waals surface area contributed by atoms with Crippen molar-refractivity contribution in [3.05, 3.63) is 23.8 Å². The Kier molecular flexibility index (Phi) is 4.50. The van der Waals surface area contributed by atoms with Crippen LogP contribution in [0.15, 0.2) is 18.2 Å². The van der Waals surface area contributed by atoms with Gasteiger partial charge >= 0.3 is 12.2 Å². The number of methoxy groups -OCH3 is 1. The molecule has 1 aromatic rings. The lowest BCUT2D eigenvalue weighted by molar-refractivity contribution is -0.189. The average molecular weight is 330 g/mol. The van der Waals surface area contributed by atoms with Gasteiger partial charge in [-0.1, -0.05) is 0 Å². The molecule has 1 N–H and O–H groups in total. The summed E-state index contributed by atoms with van der Waals surface area (Å²) in [6.07, 6.45) is -4.39. The Balaban J connectivity index is 2.14. The number of rotatable bonds is 2. The van der Waals surface area contributed by atoms with Gasteiger partial charge in [0.05, 0.1) is 18.6 Å². The molecule has 1 unspecified atom stereocenters. The molecule has 23 heavy (non-hydrogen) atoms. The number of nitrogens with zero attached hydrogens (tertiary/aromatic N) is 1. The van der Waals surface area contributed by atoms with E-state index in [0.717, 1.165) is 5.56 Å². The summed E-state index contributed by atoms with van der Waals surface area (Å²) in [5.41, 5.74) is 0.0860. The molecule has 1 atom stereocenters. The van der Waals surface area contributed by atoms with E-state index in [9.17, 15) is 18.0 Å². The Morgan fingerprint density at radius 2 is 2.04 bits per heavy atom. The van der Waals surface area contributed by atoms with E-state index in [2.05, 4.69) is 5.32 Å². The van der Waals surface area contributed by atoms with E-state index in [1.165, 1.54) is 18.7 Å². The van der Waals surface area contributed by atoms with Crippen LogP contribution in [0.2, 0.25) is 0 Å². The predicted molar refractivity (Wildman–Crippen MR) is 81.7 cm³/mol. The number of benzene rings is 1. The first kappa shape index (κ1) is 17.4. The monoisotopic (exact) mass is 330 g/mol. The van der Waals surface area contributed by atoms with Gasteiger partial charge in [0.15, 0.2) is 0 Å². The van der Waals surface area contributed by atoms with Crippen LogP contribution >= 0.6 is 0 Å². The third kappa shape index (κ3) is 3.38. The molecule has 4 nitrogen and oxygen atoms in total. The number of halogens is 3. The molecule has 0 saturated carbocycles. The van der Waals surface area contributed by atoms with Crippen LogP contribution in [-0.4, -0.2) is 36.3 Å². The van der Waals surface area contributed by atoms with Crippen molar-refractivity contribution in [2.24, 2.45) is 5.92 Å². The SMILES string of the molecule is COc1ccc(NC(=O)N2CCC(C(F)(F)F)C2(C)C)cc1C. The number of carbonyl (C=O) groups is 1. The summed E-state index contributed by atoms with van der Waals surface area (Å²) >= 11 is 0. The van der Waals surface area contributed by atoms with E-state index < -0.39 is 23.7 Å². The van der Waals surface area contributed by atoms with Crippen LogP contribution in [0.4, 0.5) is 23.7 Å². The highest BCUT2D eigenvalue weighted by Crippen LogP contribution is 2.44. The standard InChI is InChI=1S/C16H21F3N2O2/c1-10-9-11(5-6-12(10)23-4)20-14(22)21-8-7-13(15(21,2)3)16(17,18)19/h5-6,9,13H,7-8H2,1-4H3,(H,20,22). The maximum Gasteiger partial charge on any atom is 0.394 e. The quantitative estimate of drug-likeness (QED) is 0.883. The molecule has 0 aromatic heterocycles. The molecule has 2 rings (SSSR count). The van der Waals surface area contributed by atoms with Crippen molar-refractivity contribution in [1.29, 1.82) is 0 Å². The molecule has 1 aliphatic rings. The van der Waals surface area contributed by atoms with Gasteiger partial charge in [0.25, 0.3) is 0 Å². The van der Waals surface area contributed by atoms with E-state index in [0.29, 0.717) is 11.4 Å². The van der Waals surface area contributed by atoms with Crippen molar-refractivity contribution in [3.8, 4) is 5.75 Å². The van der Waals surface area contributed by atoms with E-state index in [-0.39, 0.29) is 13.0 Å². The highest BCUT2D eigenvalue weighted by atomic mass is 19.4. The molecule has 0 radical (unpaired) electrons. The Bertz CT molecular complexity index is 599. The second kappa shape index (κ2) is 5.94. The number of hydrogen-bond donors (Lipinski definition) is 1. The van der Waals surface area contributed by atoms with Crippen LogP contribution in [0.1, 0.15) is 25.8 Å². The Hall–Kier alpha value is -1.92. The zero-order chi connectivity index (χ0) is 17.4. The Labute approximate surface area is 133 Å². The number of nitrogens with one attached hydrogen (secondary N) is 1. The van der Waals surface area contributed by atoms with Gasteiger partial charge in [-0.25, -0.2) is 4.79 Å². The highest BCUT2D eigenvalue weighted by molar-refractivity contribution is 5.90. The van der Waals surface area contributed by atoms with Crippen molar-refractivity contribution in [2.75, 3.05) is 19.0 Å². The lowest BCUT2D eigenvalue weighted by Crippen LogP contribution is -2.51. The van der Waals surface area contributed by atoms with Gasteiger partial charge in [-0.15, -0.1) is 0 Å². The number of anilines is 1. The number of ether oxygens (including phenoxy) is 1. The largest absolute Gasteiger partial charge is 0.496 e. The van der Waals surface area contributed by atoms with E-state index in [1.54, 1.807) is 25.3 Å². The van der Waals surface area contributed by atoms with Crippen LogP contribution < -0.4 is 10.1 Å². The van der Waals surface area contributed by atoms with Crippen LogP contribution in [0.3, 0.4) is 0 Å².